The van der Waals surface area contributed by atoms with Gasteiger partial charge in [0.25, 0.3) is 5.91 Å². The molecule has 2 N–H and O–H groups in total. The summed E-state index contributed by atoms with van der Waals surface area (Å²) >= 11 is 0. The SMILES string of the molecule is O=C(c1cccc2c1CCN2)N(CCO)c1ccnc(Cc2cccc(C(F)(F)F)c2)c1. The molecule has 0 aliphatic carbocycles. The lowest BCUT2D eigenvalue weighted by atomic mass is 10.0. The standard InChI is InChI=1S/C24H22F3N3O2/c25-24(26,27)17-4-1-3-16(13-17)14-18-15-19(7-9-28-18)30(11-12-31)23(32)21-5-2-6-22-20(21)8-10-29-22/h1-7,9,13,15,29,31H,8,10-12,14H2. The molecule has 1 aromatic heterocycles. The summed E-state index contributed by atoms with van der Waals surface area (Å²) in [4.78, 5) is 19.1. The summed E-state index contributed by atoms with van der Waals surface area (Å²) in [7, 11) is 0. The van der Waals surface area contributed by atoms with Crippen molar-refractivity contribution < 1.29 is 23.1 Å². The third-order valence-electron chi connectivity index (χ3n) is 5.42. The Morgan fingerprint density at radius 2 is 1.94 bits per heavy atom. The largest absolute Gasteiger partial charge is 0.416 e. The summed E-state index contributed by atoms with van der Waals surface area (Å²) < 4.78 is 39.1. The van der Waals surface area contributed by atoms with Crippen LogP contribution in [-0.4, -0.2) is 35.7 Å². The fourth-order valence-corrected chi connectivity index (χ4v) is 3.93. The number of aromatic nitrogens is 1. The zero-order valence-electron chi connectivity index (χ0n) is 17.2. The first-order valence-electron chi connectivity index (χ1n) is 10.3. The van der Waals surface area contributed by atoms with Crippen LogP contribution in [0.2, 0.25) is 0 Å². The minimum absolute atomic E-state index is 0.0863. The van der Waals surface area contributed by atoms with Gasteiger partial charge in [0.2, 0.25) is 0 Å². The maximum absolute atomic E-state index is 13.4. The van der Waals surface area contributed by atoms with Crippen LogP contribution in [0, 0.1) is 0 Å². The Morgan fingerprint density at radius 1 is 1.12 bits per heavy atom. The molecular formula is C24H22F3N3O2. The number of nitrogens with zero attached hydrogens (tertiary/aromatic N) is 2. The lowest BCUT2D eigenvalue weighted by molar-refractivity contribution is -0.137. The van der Waals surface area contributed by atoms with Crippen LogP contribution < -0.4 is 10.2 Å². The molecule has 0 radical (unpaired) electrons. The summed E-state index contributed by atoms with van der Waals surface area (Å²) in [5.74, 6) is -0.240. The van der Waals surface area contributed by atoms with Gasteiger partial charge in [-0.3, -0.25) is 9.78 Å². The predicted octanol–water partition coefficient (Wildman–Crippen LogP) is 4.30. The van der Waals surface area contributed by atoms with Crippen LogP contribution in [-0.2, 0) is 19.0 Å². The first-order chi connectivity index (χ1) is 15.4. The number of fused-ring (bicyclic) bond motifs is 1. The smallest absolute Gasteiger partial charge is 0.395 e. The van der Waals surface area contributed by atoms with Crippen molar-refractivity contribution in [1.82, 2.24) is 4.98 Å². The number of nitrogens with one attached hydrogen (secondary N) is 1. The highest BCUT2D eigenvalue weighted by Gasteiger charge is 2.30. The third kappa shape index (κ3) is 4.60. The van der Waals surface area contributed by atoms with Crippen molar-refractivity contribution in [3.8, 4) is 0 Å². The van der Waals surface area contributed by atoms with Crippen molar-refractivity contribution in [1.29, 1.82) is 0 Å². The highest BCUT2D eigenvalue weighted by Crippen LogP contribution is 2.31. The van der Waals surface area contributed by atoms with E-state index in [1.165, 1.54) is 17.2 Å². The number of pyridine rings is 1. The van der Waals surface area contributed by atoms with Gasteiger partial charge in [0.15, 0.2) is 0 Å². The van der Waals surface area contributed by atoms with Crippen molar-refractivity contribution in [2.75, 3.05) is 29.9 Å². The zero-order chi connectivity index (χ0) is 22.7. The van der Waals surface area contributed by atoms with Crippen molar-refractivity contribution in [2.45, 2.75) is 19.0 Å². The molecule has 2 heterocycles. The number of carbonyl (C=O) groups excluding carboxylic acids is 1. The zero-order valence-corrected chi connectivity index (χ0v) is 17.2. The molecule has 0 unspecified atom stereocenters. The van der Waals surface area contributed by atoms with Gasteiger partial charge in [0.1, 0.15) is 0 Å². The second-order valence-electron chi connectivity index (χ2n) is 7.57. The van der Waals surface area contributed by atoms with Crippen molar-refractivity contribution in [3.05, 3.63) is 88.7 Å². The van der Waals surface area contributed by atoms with Crippen molar-refractivity contribution >= 4 is 17.3 Å². The molecule has 0 saturated carbocycles. The molecule has 0 bridgehead atoms. The molecule has 0 fully saturated rings. The van der Waals surface area contributed by atoms with Gasteiger partial charge in [0, 0.05) is 48.3 Å². The summed E-state index contributed by atoms with van der Waals surface area (Å²) in [5.41, 5.74) is 3.25. The van der Waals surface area contributed by atoms with Crippen LogP contribution >= 0.6 is 0 Å². The summed E-state index contributed by atoms with van der Waals surface area (Å²) in [6.07, 6.45) is -1.97. The highest BCUT2D eigenvalue weighted by molar-refractivity contribution is 6.08. The summed E-state index contributed by atoms with van der Waals surface area (Å²) in [6, 6.07) is 14.0. The molecule has 8 heteroatoms. The Kier molecular flexibility index (Phi) is 6.14. The molecule has 5 nitrogen and oxygen atoms in total. The Labute approximate surface area is 183 Å². The number of benzene rings is 2. The number of carbonyl (C=O) groups is 1. The topological polar surface area (TPSA) is 65.5 Å². The number of anilines is 2. The quantitative estimate of drug-likeness (QED) is 0.599. The van der Waals surface area contributed by atoms with E-state index in [1.807, 2.05) is 12.1 Å². The molecule has 1 aliphatic heterocycles. The number of aliphatic hydroxyl groups is 1. The second-order valence-corrected chi connectivity index (χ2v) is 7.57. The number of hydrogen-bond donors (Lipinski definition) is 2. The van der Waals surface area contributed by atoms with E-state index in [2.05, 4.69) is 10.3 Å². The molecule has 0 spiro atoms. The first kappa shape index (κ1) is 21.8. The Hall–Kier alpha value is -3.39. The third-order valence-corrected chi connectivity index (χ3v) is 5.42. The average Bonchev–Trinajstić information content (AvgIpc) is 3.26. The van der Waals surface area contributed by atoms with Gasteiger partial charge in [-0.25, -0.2) is 0 Å². The van der Waals surface area contributed by atoms with Gasteiger partial charge in [-0.1, -0.05) is 24.3 Å². The lowest BCUT2D eigenvalue weighted by Crippen LogP contribution is -2.34. The van der Waals surface area contributed by atoms with E-state index in [1.54, 1.807) is 24.3 Å². The number of halogens is 3. The lowest BCUT2D eigenvalue weighted by Gasteiger charge is -2.23. The van der Waals surface area contributed by atoms with Crippen molar-refractivity contribution in [2.24, 2.45) is 0 Å². The van der Waals surface area contributed by atoms with Gasteiger partial charge in [-0.05, 0) is 47.9 Å². The molecule has 32 heavy (non-hydrogen) atoms. The van der Waals surface area contributed by atoms with Crippen LogP contribution in [0.3, 0.4) is 0 Å². The van der Waals surface area contributed by atoms with Gasteiger partial charge in [-0.2, -0.15) is 13.2 Å². The van der Waals surface area contributed by atoms with Gasteiger partial charge in [0.05, 0.1) is 12.2 Å². The fraction of sp³-hybridized carbons (Fsp3) is 0.250. The van der Waals surface area contributed by atoms with E-state index >= 15 is 0 Å². The molecule has 1 amide bonds. The maximum atomic E-state index is 13.4. The van der Waals surface area contributed by atoms with E-state index in [9.17, 15) is 23.1 Å². The van der Waals surface area contributed by atoms with E-state index < -0.39 is 11.7 Å². The Morgan fingerprint density at radius 3 is 2.72 bits per heavy atom. The van der Waals surface area contributed by atoms with Gasteiger partial charge < -0.3 is 15.3 Å². The Balaban J connectivity index is 1.62. The molecule has 3 aromatic rings. The molecule has 1 aliphatic rings. The molecule has 166 valence electrons. The molecule has 0 atom stereocenters. The number of hydrogen-bond acceptors (Lipinski definition) is 4. The molecule has 2 aromatic carbocycles. The fourth-order valence-electron chi connectivity index (χ4n) is 3.93. The van der Waals surface area contributed by atoms with Gasteiger partial charge >= 0.3 is 6.18 Å². The average molecular weight is 441 g/mol. The minimum Gasteiger partial charge on any atom is -0.395 e. The second kappa shape index (κ2) is 9.00. The number of alkyl halides is 3. The minimum atomic E-state index is -4.42. The van der Waals surface area contributed by atoms with Crippen LogP contribution in [0.4, 0.5) is 24.5 Å². The van der Waals surface area contributed by atoms with E-state index in [-0.39, 0.29) is 25.5 Å². The van der Waals surface area contributed by atoms with Crippen LogP contribution in [0.5, 0.6) is 0 Å². The predicted molar refractivity (Wildman–Crippen MR) is 116 cm³/mol. The van der Waals surface area contributed by atoms with E-state index in [0.717, 1.165) is 36.3 Å². The molecular weight excluding hydrogens is 419 g/mol. The highest BCUT2D eigenvalue weighted by atomic mass is 19.4. The number of aliphatic hydroxyl groups excluding tert-OH is 1. The number of rotatable bonds is 6. The normalized spacial score (nSPS) is 12.9. The van der Waals surface area contributed by atoms with Crippen molar-refractivity contribution in [3.63, 3.8) is 0 Å². The van der Waals surface area contributed by atoms with Crippen LogP contribution in [0.25, 0.3) is 0 Å². The summed E-state index contributed by atoms with van der Waals surface area (Å²) in [6.45, 7) is 0.614. The van der Waals surface area contributed by atoms with E-state index in [4.69, 9.17) is 0 Å². The number of amides is 1. The summed E-state index contributed by atoms with van der Waals surface area (Å²) in [5, 5.41) is 12.8. The van der Waals surface area contributed by atoms with Crippen LogP contribution in [0.15, 0.2) is 60.8 Å². The van der Waals surface area contributed by atoms with Crippen LogP contribution in [0.1, 0.15) is 32.7 Å². The van der Waals surface area contributed by atoms with Gasteiger partial charge in [-0.15, -0.1) is 0 Å². The van der Waals surface area contributed by atoms with E-state index in [0.29, 0.717) is 22.5 Å². The monoisotopic (exact) mass is 441 g/mol. The first-order valence-corrected chi connectivity index (χ1v) is 10.3. The molecule has 4 rings (SSSR count). The maximum Gasteiger partial charge on any atom is 0.416 e. The molecule has 0 saturated heterocycles. The Bertz CT molecular complexity index is 1130.